The fourth-order valence-corrected chi connectivity index (χ4v) is 5.89. The Morgan fingerprint density at radius 3 is 2.71 bits per heavy atom. The van der Waals surface area contributed by atoms with Crippen LogP contribution in [0, 0.1) is 0 Å². The molecule has 11 nitrogen and oxygen atoms in total. The quantitative estimate of drug-likeness (QED) is 0.387. The fraction of sp³-hybridized carbons (Fsp3) is 0.273. The zero-order valence-electron chi connectivity index (χ0n) is 18.5. The molecule has 0 bridgehead atoms. The highest BCUT2D eigenvalue weighted by molar-refractivity contribution is 7.91. The van der Waals surface area contributed by atoms with E-state index in [0.29, 0.717) is 46.1 Å². The van der Waals surface area contributed by atoms with Crippen LogP contribution in [-0.2, 0) is 16.3 Å². The number of anilines is 1. The highest BCUT2D eigenvalue weighted by Crippen LogP contribution is 2.34. The number of rotatable bonds is 6. The zero-order valence-corrected chi connectivity index (χ0v) is 20.1. The van der Waals surface area contributed by atoms with E-state index >= 15 is 0 Å². The molecular weight excluding hydrogens is 490 g/mol. The minimum atomic E-state index is -3.09. The third-order valence-corrected chi connectivity index (χ3v) is 8.11. The van der Waals surface area contributed by atoms with Crippen molar-refractivity contribution < 1.29 is 13.2 Å². The van der Waals surface area contributed by atoms with Gasteiger partial charge in [0.1, 0.15) is 16.3 Å². The van der Waals surface area contributed by atoms with Crippen molar-refractivity contribution in [3.63, 3.8) is 0 Å². The van der Waals surface area contributed by atoms with Crippen molar-refractivity contribution in [2.75, 3.05) is 36.0 Å². The Morgan fingerprint density at radius 1 is 1.17 bits per heavy atom. The molecule has 1 amide bonds. The van der Waals surface area contributed by atoms with E-state index in [1.165, 1.54) is 17.5 Å². The number of amides is 1. The number of thiophene rings is 1. The largest absolute Gasteiger partial charge is 0.354 e. The predicted octanol–water partition coefficient (Wildman–Crippen LogP) is 1.04. The molecule has 0 atom stereocenters. The molecule has 4 aromatic rings. The summed E-state index contributed by atoms with van der Waals surface area (Å²) in [7, 11) is -3.09. The lowest BCUT2D eigenvalue weighted by Crippen LogP contribution is -2.41. The van der Waals surface area contributed by atoms with Crippen LogP contribution in [0.25, 0.3) is 21.7 Å². The second-order valence-electron chi connectivity index (χ2n) is 7.99. The molecule has 13 heteroatoms. The highest BCUT2D eigenvalue weighted by Gasteiger charge is 2.27. The van der Waals surface area contributed by atoms with Gasteiger partial charge in [-0.1, -0.05) is 6.07 Å². The van der Waals surface area contributed by atoms with Crippen molar-refractivity contribution in [1.82, 2.24) is 30.2 Å². The topological polar surface area (TPSA) is 151 Å². The van der Waals surface area contributed by atoms with E-state index < -0.39 is 15.5 Å². The fourth-order valence-electron chi connectivity index (χ4n) is 3.78. The number of aromatic amines is 1. The molecule has 0 radical (unpaired) electrons. The first kappa shape index (κ1) is 23.1. The minimum absolute atomic E-state index is 0.0241. The smallest absolute Gasteiger partial charge is 0.344 e. The van der Waals surface area contributed by atoms with Gasteiger partial charge in [-0.3, -0.25) is 9.78 Å². The molecular formula is C22H21N7O4S2. The number of hydrogen-bond acceptors (Lipinski definition) is 10. The van der Waals surface area contributed by atoms with Crippen LogP contribution in [0.2, 0.25) is 0 Å². The predicted molar refractivity (Wildman–Crippen MR) is 132 cm³/mol. The van der Waals surface area contributed by atoms with Crippen LogP contribution < -0.4 is 15.9 Å². The number of hydrogen-bond donors (Lipinski definition) is 2. The Bertz CT molecular complexity index is 1520. The minimum Gasteiger partial charge on any atom is -0.354 e. The van der Waals surface area contributed by atoms with Gasteiger partial charge in [0.15, 0.2) is 15.7 Å². The molecule has 5 heterocycles. The van der Waals surface area contributed by atoms with Gasteiger partial charge in [-0.25, -0.2) is 28.2 Å². The van der Waals surface area contributed by atoms with Crippen LogP contribution in [-0.4, -0.2) is 70.4 Å². The lowest BCUT2D eigenvalue weighted by Gasteiger charge is -2.28. The van der Waals surface area contributed by atoms with Gasteiger partial charge >= 0.3 is 5.69 Å². The summed E-state index contributed by atoms with van der Waals surface area (Å²) in [5.74, 6) is 0.712. The maximum absolute atomic E-state index is 13.1. The number of pyridine rings is 1. The molecule has 0 saturated carbocycles. The van der Waals surface area contributed by atoms with E-state index in [-0.39, 0.29) is 30.5 Å². The molecule has 1 saturated heterocycles. The number of nitrogens with one attached hydrogen (secondary N) is 2. The molecule has 0 aromatic carbocycles. The number of sulfone groups is 1. The maximum Gasteiger partial charge on any atom is 0.344 e. The molecule has 0 aliphatic carbocycles. The first-order chi connectivity index (χ1) is 16.9. The van der Waals surface area contributed by atoms with Gasteiger partial charge in [-0.2, -0.15) is 0 Å². The molecule has 1 aliphatic heterocycles. The number of H-pyrrole nitrogens is 1. The summed E-state index contributed by atoms with van der Waals surface area (Å²) < 4.78 is 24.0. The van der Waals surface area contributed by atoms with E-state index in [0.717, 1.165) is 5.56 Å². The number of nitrogens with zero attached hydrogens (tertiary/aromatic N) is 5. The molecule has 1 aliphatic rings. The first-order valence-corrected chi connectivity index (χ1v) is 13.6. The van der Waals surface area contributed by atoms with Crippen LogP contribution in [0.15, 0.2) is 47.0 Å². The maximum atomic E-state index is 13.1. The summed E-state index contributed by atoms with van der Waals surface area (Å²) in [6.45, 7) is 0.909. The number of fused-ring (bicyclic) bond motifs is 1. The lowest BCUT2D eigenvalue weighted by atomic mass is 10.2. The Morgan fingerprint density at radius 2 is 2.00 bits per heavy atom. The Balaban J connectivity index is 1.47. The second-order valence-corrected chi connectivity index (χ2v) is 11.1. The van der Waals surface area contributed by atoms with Gasteiger partial charge in [-0.15, -0.1) is 11.3 Å². The summed E-state index contributed by atoms with van der Waals surface area (Å²) in [5, 5.41) is 5.23. The number of aromatic nitrogens is 5. The van der Waals surface area contributed by atoms with E-state index in [1.54, 1.807) is 29.9 Å². The molecule has 180 valence electrons. The average molecular weight is 512 g/mol. The Labute approximate surface area is 204 Å². The molecule has 5 rings (SSSR count). The summed E-state index contributed by atoms with van der Waals surface area (Å²) in [5.41, 5.74) is 1.39. The van der Waals surface area contributed by atoms with Crippen molar-refractivity contribution >= 4 is 43.1 Å². The molecule has 35 heavy (non-hydrogen) atoms. The monoisotopic (exact) mass is 511 g/mol. The van der Waals surface area contributed by atoms with Crippen molar-refractivity contribution in [1.29, 1.82) is 0 Å². The van der Waals surface area contributed by atoms with Crippen LogP contribution >= 0.6 is 11.3 Å². The van der Waals surface area contributed by atoms with Crippen molar-refractivity contribution in [3.8, 4) is 11.5 Å². The zero-order chi connectivity index (χ0) is 24.4. The van der Waals surface area contributed by atoms with Crippen molar-refractivity contribution in [2.45, 2.75) is 6.42 Å². The molecule has 4 aromatic heterocycles. The standard InChI is InChI=1S/C22H21N7O4S2/c30-20(24-6-4-14-11-25-22(31)26-12-14)15-13-34-21-17(15)19(29-7-9-35(32,33)10-8-29)27-18(28-21)16-3-1-2-5-23-16/h1-3,5,11-13H,4,6-10H2,(H,24,30)(H,25,26,31). The summed E-state index contributed by atoms with van der Waals surface area (Å²) in [6.07, 6.45) is 5.19. The summed E-state index contributed by atoms with van der Waals surface area (Å²) in [6, 6.07) is 5.45. The van der Waals surface area contributed by atoms with Crippen LogP contribution in [0.3, 0.4) is 0 Å². The Kier molecular flexibility index (Phi) is 6.26. The number of carbonyl (C=O) groups is 1. The highest BCUT2D eigenvalue weighted by atomic mass is 32.2. The third kappa shape index (κ3) is 5.05. The normalized spacial score (nSPS) is 15.3. The van der Waals surface area contributed by atoms with Crippen LogP contribution in [0.5, 0.6) is 0 Å². The van der Waals surface area contributed by atoms with Gasteiger partial charge in [0.2, 0.25) is 0 Å². The first-order valence-electron chi connectivity index (χ1n) is 10.9. The molecule has 2 N–H and O–H groups in total. The van der Waals surface area contributed by atoms with Gasteiger partial charge in [-0.05, 0) is 24.1 Å². The summed E-state index contributed by atoms with van der Waals surface area (Å²) in [4.78, 5) is 46.6. The molecule has 0 unspecified atom stereocenters. The SMILES string of the molecule is O=C(NCCc1cnc(=O)[nH]c1)c1csc2nc(-c3ccccn3)nc(N3CCS(=O)(=O)CC3)c12. The second kappa shape index (κ2) is 9.50. The van der Waals surface area contributed by atoms with Crippen LogP contribution in [0.1, 0.15) is 15.9 Å². The van der Waals surface area contributed by atoms with E-state index in [1.807, 2.05) is 11.0 Å². The van der Waals surface area contributed by atoms with Gasteiger partial charge in [0.05, 0.1) is 22.5 Å². The van der Waals surface area contributed by atoms with Crippen molar-refractivity contribution in [2.24, 2.45) is 0 Å². The lowest BCUT2D eigenvalue weighted by molar-refractivity contribution is 0.0956. The van der Waals surface area contributed by atoms with Crippen molar-refractivity contribution in [3.05, 3.63) is 63.8 Å². The summed E-state index contributed by atoms with van der Waals surface area (Å²) >= 11 is 1.33. The van der Waals surface area contributed by atoms with E-state index in [2.05, 4.69) is 25.3 Å². The van der Waals surface area contributed by atoms with Gasteiger partial charge in [0, 0.05) is 43.6 Å². The third-order valence-electron chi connectivity index (χ3n) is 5.62. The number of carbonyl (C=O) groups excluding carboxylic acids is 1. The molecule has 1 fully saturated rings. The van der Waals surface area contributed by atoms with E-state index in [4.69, 9.17) is 4.98 Å². The van der Waals surface area contributed by atoms with E-state index in [9.17, 15) is 18.0 Å². The molecule has 0 spiro atoms. The van der Waals surface area contributed by atoms with Gasteiger partial charge < -0.3 is 15.2 Å². The Hall–Kier alpha value is -3.71. The average Bonchev–Trinajstić information content (AvgIpc) is 3.30. The van der Waals surface area contributed by atoms with Gasteiger partial charge in [0.25, 0.3) is 5.91 Å². The van der Waals surface area contributed by atoms with Crippen LogP contribution in [0.4, 0.5) is 5.82 Å².